The van der Waals surface area contributed by atoms with Crippen LogP contribution in [0.25, 0.3) is 0 Å². The molecular weight excluding hydrogens is 200 g/mol. The van der Waals surface area contributed by atoms with Crippen LogP contribution in [0.2, 0.25) is 0 Å². The van der Waals surface area contributed by atoms with Gasteiger partial charge in [0.25, 0.3) is 0 Å². The lowest BCUT2D eigenvalue weighted by atomic mass is 9.73. The molecule has 2 nitrogen and oxygen atoms in total. The highest BCUT2D eigenvalue weighted by Gasteiger charge is 2.29. The molecule has 1 aromatic rings. The van der Waals surface area contributed by atoms with Crippen LogP contribution in [0.5, 0.6) is 11.5 Å². The van der Waals surface area contributed by atoms with E-state index in [0.29, 0.717) is 0 Å². The van der Waals surface area contributed by atoms with Crippen LogP contribution in [0.4, 0.5) is 0 Å². The van der Waals surface area contributed by atoms with Crippen LogP contribution < -0.4 is 0 Å². The molecule has 0 aliphatic carbocycles. The first-order valence-electron chi connectivity index (χ1n) is 5.58. The third-order valence-corrected chi connectivity index (χ3v) is 3.25. The van der Waals surface area contributed by atoms with Crippen LogP contribution in [0, 0.1) is 5.41 Å². The highest BCUT2D eigenvalue weighted by Crippen LogP contribution is 2.44. The van der Waals surface area contributed by atoms with Gasteiger partial charge in [-0.2, -0.15) is 0 Å². The molecular formula is C14H20O2. The third kappa shape index (κ3) is 2.21. The quantitative estimate of drug-likeness (QED) is 0.598. The molecule has 0 spiro atoms. The van der Waals surface area contributed by atoms with Gasteiger partial charge in [-0.3, -0.25) is 0 Å². The van der Waals surface area contributed by atoms with Crippen molar-refractivity contribution in [2.24, 2.45) is 5.41 Å². The van der Waals surface area contributed by atoms with Crippen molar-refractivity contribution in [2.45, 2.75) is 33.1 Å². The van der Waals surface area contributed by atoms with E-state index in [1.807, 2.05) is 12.1 Å². The Morgan fingerprint density at radius 2 is 2.00 bits per heavy atom. The summed E-state index contributed by atoms with van der Waals surface area (Å²) in [7, 11) is 0. The van der Waals surface area contributed by atoms with Crippen LogP contribution in [-0.4, -0.2) is 10.2 Å². The lowest BCUT2D eigenvalue weighted by Gasteiger charge is -2.31. The van der Waals surface area contributed by atoms with Gasteiger partial charge >= 0.3 is 0 Å². The molecule has 0 fully saturated rings. The molecule has 0 heterocycles. The molecule has 0 aromatic heterocycles. The third-order valence-electron chi connectivity index (χ3n) is 3.25. The van der Waals surface area contributed by atoms with E-state index in [1.54, 1.807) is 6.07 Å². The minimum absolute atomic E-state index is 0.00993. The van der Waals surface area contributed by atoms with Gasteiger partial charge in [-0.05, 0) is 23.8 Å². The second-order valence-electron chi connectivity index (χ2n) is 4.70. The number of hydrogen-bond acceptors (Lipinski definition) is 2. The van der Waals surface area contributed by atoms with Gasteiger partial charge in [0.05, 0.1) is 0 Å². The van der Waals surface area contributed by atoms with Gasteiger partial charge in [-0.15, -0.1) is 6.58 Å². The van der Waals surface area contributed by atoms with Crippen molar-refractivity contribution in [3.63, 3.8) is 0 Å². The molecule has 0 saturated carbocycles. The molecule has 2 heteroatoms. The highest BCUT2D eigenvalue weighted by atomic mass is 16.3. The SMILES string of the molecule is C=CC(C)(C)C(CC)c1cccc(O)c1O. The van der Waals surface area contributed by atoms with Gasteiger partial charge in [-0.25, -0.2) is 0 Å². The van der Waals surface area contributed by atoms with Crippen molar-refractivity contribution in [1.82, 2.24) is 0 Å². The largest absolute Gasteiger partial charge is 0.504 e. The number of para-hydroxylation sites is 1. The highest BCUT2D eigenvalue weighted by molar-refractivity contribution is 5.47. The molecule has 0 aliphatic rings. The number of benzene rings is 1. The van der Waals surface area contributed by atoms with Crippen LogP contribution >= 0.6 is 0 Å². The van der Waals surface area contributed by atoms with Crippen molar-refractivity contribution in [1.29, 1.82) is 0 Å². The second-order valence-corrected chi connectivity index (χ2v) is 4.70. The monoisotopic (exact) mass is 220 g/mol. The van der Waals surface area contributed by atoms with Crippen LogP contribution in [0.15, 0.2) is 30.9 Å². The van der Waals surface area contributed by atoms with E-state index >= 15 is 0 Å². The lowest BCUT2D eigenvalue weighted by molar-refractivity contribution is 0.340. The molecule has 1 atom stereocenters. The minimum atomic E-state index is -0.111. The van der Waals surface area contributed by atoms with Gasteiger partial charge in [0.1, 0.15) is 0 Å². The van der Waals surface area contributed by atoms with Gasteiger partial charge in [0.2, 0.25) is 0 Å². The molecule has 0 aliphatic heterocycles. The molecule has 1 aromatic carbocycles. The average molecular weight is 220 g/mol. The Morgan fingerprint density at radius 1 is 1.38 bits per heavy atom. The molecule has 16 heavy (non-hydrogen) atoms. The first-order valence-corrected chi connectivity index (χ1v) is 5.58. The van der Waals surface area contributed by atoms with Crippen LogP contribution in [0.3, 0.4) is 0 Å². The normalized spacial score (nSPS) is 13.4. The summed E-state index contributed by atoms with van der Waals surface area (Å²) in [5.74, 6) is 0.0807. The van der Waals surface area contributed by atoms with Crippen molar-refractivity contribution in [2.75, 3.05) is 0 Å². The lowest BCUT2D eigenvalue weighted by Crippen LogP contribution is -2.19. The van der Waals surface area contributed by atoms with E-state index in [-0.39, 0.29) is 22.8 Å². The summed E-state index contributed by atoms with van der Waals surface area (Å²) < 4.78 is 0. The summed E-state index contributed by atoms with van der Waals surface area (Å²) in [6.07, 6.45) is 2.78. The first-order chi connectivity index (χ1) is 7.44. The molecule has 0 bridgehead atoms. The van der Waals surface area contributed by atoms with E-state index in [9.17, 15) is 10.2 Å². The maximum atomic E-state index is 9.87. The molecule has 88 valence electrons. The standard InChI is InChI=1S/C14H20O2/c1-5-11(14(3,4)6-2)10-8-7-9-12(15)13(10)16/h6-9,11,15-16H,2,5H2,1,3-4H3. The second kappa shape index (κ2) is 4.60. The number of hydrogen-bond donors (Lipinski definition) is 2. The van der Waals surface area contributed by atoms with Crippen LogP contribution in [-0.2, 0) is 0 Å². The Kier molecular flexibility index (Phi) is 3.63. The molecule has 1 unspecified atom stereocenters. The molecule has 0 amide bonds. The van der Waals surface area contributed by atoms with Crippen molar-refractivity contribution >= 4 is 0 Å². The fourth-order valence-electron chi connectivity index (χ4n) is 2.12. The zero-order valence-corrected chi connectivity index (χ0v) is 10.2. The van der Waals surface area contributed by atoms with Crippen molar-refractivity contribution < 1.29 is 10.2 Å². The summed E-state index contributed by atoms with van der Waals surface area (Å²) in [5, 5.41) is 19.4. The average Bonchev–Trinajstić information content (AvgIpc) is 2.25. The predicted molar refractivity (Wildman–Crippen MR) is 66.8 cm³/mol. The number of rotatable bonds is 4. The predicted octanol–water partition coefficient (Wildman–Crippen LogP) is 3.80. The fourth-order valence-corrected chi connectivity index (χ4v) is 2.12. The number of phenolic OH excluding ortho intramolecular Hbond substituents is 2. The minimum Gasteiger partial charge on any atom is -0.504 e. The summed E-state index contributed by atoms with van der Waals surface area (Å²) in [4.78, 5) is 0. The first kappa shape index (κ1) is 12.6. The molecule has 0 radical (unpaired) electrons. The van der Waals surface area contributed by atoms with E-state index in [4.69, 9.17) is 0 Å². The van der Waals surface area contributed by atoms with Gasteiger partial charge < -0.3 is 10.2 Å². The fraction of sp³-hybridized carbons (Fsp3) is 0.429. The molecule has 2 N–H and O–H groups in total. The van der Waals surface area contributed by atoms with Gasteiger partial charge in [0, 0.05) is 5.56 Å². The number of allylic oxidation sites excluding steroid dienone is 1. The Bertz CT molecular complexity index is 380. The van der Waals surface area contributed by atoms with E-state index in [1.165, 1.54) is 6.07 Å². The van der Waals surface area contributed by atoms with Gasteiger partial charge in [0.15, 0.2) is 11.5 Å². The zero-order valence-electron chi connectivity index (χ0n) is 10.2. The smallest absolute Gasteiger partial charge is 0.160 e. The van der Waals surface area contributed by atoms with E-state index in [2.05, 4.69) is 27.4 Å². The number of aromatic hydroxyl groups is 2. The van der Waals surface area contributed by atoms with Crippen LogP contribution in [0.1, 0.15) is 38.7 Å². The topological polar surface area (TPSA) is 40.5 Å². The summed E-state index contributed by atoms with van der Waals surface area (Å²) in [5.41, 5.74) is 0.674. The Hall–Kier alpha value is -1.44. The summed E-state index contributed by atoms with van der Waals surface area (Å²) in [6, 6.07) is 5.10. The van der Waals surface area contributed by atoms with E-state index in [0.717, 1.165) is 12.0 Å². The molecule has 1 rings (SSSR count). The number of phenols is 2. The summed E-state index contributed by atoms with van der Waals surface area (Å²) in [6.45, 7) is 10.1. The van der Waals surface area contributed by atoms with Crippen molar-refractivity contribution in [3.8, 4) is 11.5 Å². The maximum absolute atomic E-state index is 9.87. The van der Waals surface area contributed by atoms with Gasteiger partial charge in [-0.1, -0.05) is 39.0 Å². The van der Waals surface area contributed by atoms with E-state index < -0.39 is 0 Å². The van der Waals surface area contributed by atoms with Crippen molar-refractivity contribution in [3.05, 3.63) is 36.4 Å². The Morgan fingerprint density at radius 3 is 2.50 bits per heavy atom. The zero-order chi connectivity index (χ0) is 12.3. The Balaban J connectivity index is 3.24. The molecule has 0 saturated heterocycles. The maximum Gasteiger partial charge on any atom is 0.160 e. The summed E-state index contributed by atoms with van der Waals surface area (Å²) >= 11 is 0. The Labute approximate surface area is 97.2 Å².